The van der Waals surface area contributed by atoms with Gasteiger partial charge in [0.25, 0.3) is 5.56 Å². The number of esters is 1. The Morgan fingerprint density at radius 2 is 2.04 bits per heavy atom. The summed E-state index contributed by atoms with van der Waals surface area (Å²) in [6.45, 7) is -0.106. The molecule has 0 aliphatic heterocycles. The van der Waals surface area contributed by atoms with Crippen LogP contribution < -0.4 is 5.56 Å². The van der Waals surface area contributed by atoms with Crippen molar-refractivity contribution >= 4 is 40.2 Å². The summed E-state index contributed by atoms with van der Waals surface area (Å²) in [5.41, 5.74) is 2.11. The Kier molecular flexibility index (Phi) is 4.87. The third kappa shape index (κ3) is 3.77. The van der Waals surface area contributed by atoms with Gasteiger partial charge in [-0.1, -0.05) is 35.9 Å². The van der Waals surface area contributed by atoms with Crippen LogP contribution in [0.4, 0.5) is 0 Å². The van der Waals surface area contributed by atoms with Gasteiger partial charge in [-0.25, -0.2) is 9.78 Å². The Labute approximate surface area is 164 Å². The van der Waals surface area contributed by atoms with Crippen LogP contribution in [0, 0.1) is 0 Å². The molecule has 0 fully saturated rings. The molecule has 7 heteroatoms. The molecule has 0 N–H and O–H groups in total. The molecular formula is C21H14ClN3O3. The molecule has 0 aliphatic carbocycles. The number of pyridine rings is 2. The lowest BCUT2D eigenvalue weighted by atomic mass is 10.1. The lowest BCUT2D eigenvalue weighted by Crippen LogP contribution is -2.16. The molecule has 28 heavy (non-hydrogen) atoms. The zero-order chi connectivity index (χ0) is 19.5. The number of para-hydroxylation sites is 1. The summed E-state index contributed by atoms with van der Waals surface area (Å²) in [6.07, 6.45) is 6.18. The number of nitrogens with zero attached hydrogens (tertiary/aromatic N) is 3. The summed E-state index contributed by atoms with van der Waals surface area (Å²) in [7, 11) is 0. The van der Waals surface area contributed by atoms with E-state index in [-0.39, 0.29) is 12.2 Å². The molecule has 0 bridgehead atoms. The first kappa shape index (κ1) is 17.9. The number of rotatable bonds is 4. The van der Waals surface area contributed by atoms with Crippen molar-refractivity contribution in [3.63, 3.8) is 0 Å². The van der Waals surface area contributed by atoms with E-state index in [1.165, 1.54) is 22.7 Å². The predicted molar refractivity (Wildman–Crippen MR) is 107 cm³/mol. The van der Waals surface area contributed by atoms with Crippen LogP contribution in [0.5, 0.6) is 0 Å². The highest BCUT2D eigenvalue weighted by Crippen LogP contribution is 2.17. The van der Waals surface area contributed by atoms with E-state index in [1.54, 1.807) is 24.4 Å². The van der Waals surface area contributed by atoms with Gasteiger partial charge < -0.3 is 4.74 Å². The lowest BCUT2D eigenvalue weighted by molar-refractivity contribution is -0.139. The molecule has 1 aromatic carbocycles. The average molecular weight is 392 g/mol. The number of hydrogen-bond donors (Lipinski definition) is 0. The number of hydrogen-bond acceptors (Lipinski definition) is 5. The molecule has 0 radical (unpaired) electrons. The summed E-state index contributed by atoms with van der Waals surface area (Å²) >= 11 is 5.89. The van der Waals surface area contributed by atoms with Gasteiger partial charge in [0.2, 0.25) is 0 Å². The van der Waals surface area contributed by atoms with Crippen LogP contribution >= 0.6 is 11.6 Å². The van der Waals surface area contributed by atoms with E-state index in [0.29, 0.717) is 16.4 Å². The fourth-order valence-corrected chi connectivity index (χ4v) is 2.97. The summed E-state index contributed by atoms with van der Waals surface area (Å²) in [4.78, 5) is 32.8. The van der Waals surface area contributed by atoms with Crippen molar-refractivity contribution in [3.05, 3.63) is 93.6 Å². The molecule has 0 amide bonds. The fourth-order valence-electron chi connectivity index (χ4n) is 2.81. The van der Waals surface area contributed by atoms with Crippen molar-refractivity contribution in [2.24, 2.45) is 0 Å². The van der Waals surface area contributed by atoms with Gasteiger partial charge in [0.15, 0.2) is 0 Å². The van der Waals surface area contributed by atoms with E-state index in [4.69, 9.17) is 16.3 Å². The minimum absolute atomic E-state index is 0.106. The van der Waals surface area contributed by atoms with E-state index in [2.05, 4.69) is 9.97 Å². The van der Waals surface area contributed by atoms with Gasteiger partial charge in [0.05, 0.1) is 16.2 Å². The van der Waals surface area contributed by atoms with Gasteiger partial charge >= 0.3 is 5.97 Å². The van der Waals surface area contributed by atoms with Crippen molar-refractivity contribution in [2.75, 3.05) is 0 Å². The van der Waals surface area contributed by atoms with E-state index in [9.17, 15) is 9.59 Å². The van der Waals surface area contributed by atoms with Gasteiger partial charge in [-0.05, 0) is 24.3 Å². The molecule has 0 spiro atoms. The molecular weight excluding hydrogens is 378 g/mol. The van der Waals surface area contributed by atoms with Crippen molar-refractivity contribution < 1.29 is 9.53 Å². The van der Waals surface area contributed by atoms with Gasteiger partial charge in [0, 0.05) is 35.5 Å². The Morgan fingerprint density at radius 1 is 1.18 bits per heavy atom. The first-order chi connectivity index (χ1) is 13.6. The number of carbonyl (C=O) groups excluding carboxylic acids is 1. The Hall–Kier alpha value is -3.51. The average Bonchev–Trinajstić information content (AvgIpc) is 2.71. The monoisotopic (exact) mass is 391 g/mol. The second kappa shape index (κ2) is 7.62. The standard InChI is InChI=1S/C21H14ClN3O3/c22-16-7-8-18-24-17(11-19(26)25(18)12-16)13-28-20(27)9-6-15-4-1-3-14-5-2-10-23-21(14)15/h1-12H,13H2. The smallest absolute Gasteiger partial charge is 0.331 e. The zero-order valence-electron chi connectivity index (χ0n) is 14.6. The molecule has 3 aromatic heterocycles. The topological polar surface area (TPSA) is 73.6 Å². The first-order valence-electron chi connectivity index (χ1n) is 8.46. The minimum Gasteiger partial charge on any atom is -0.456 e. The highest BCUT2D eigenvalue weighted by atomic mass is 35.5. The van der Waals surface area contributed by atoms with Crippen LogP contribution in [0.1, 0.15) is 11.3 Å². The van der Waals surface area contributed by atoms with Crippen LogP contribution in [-0.4, -0.2) is 20.3 Å². The maximum absolute atomic E-state index is 12.1. The summed E-state index contributed by atoms with van der Waals surface area (Å²) in [5.74, 6) is -0.536. The van der Waals surface area contributed by atoms with Crippen LogP contribution in [0.3, 0.4) is 0 Å². The third-order valence-corrected chi connectivity index (χ3v) is 4.33. The van der Waals surface area contributed by atoms with Gasteiger partial charge in [-0.2, -0.15) is 0 Å². The van der Waals surface area contributed by atoms with E-state index >= 15 is 0 Å². The summed E-state index contributed by atoms with van der Waals surface area (Å²) < 4.78 is 6.54. The Bertz CT molecular complexity index is 1280. The molecule has 3 heterocycles. The molecule has 4 aromatic rings. The summed E-state index contributed by atoms with van der Waals surface area (Å²) in [6, 6.07) is 14.1. The van der Waals surface area contributed by atoms with Gasteiger partial charge in [0.1, 0.15) is 12.3 Å². The van der Waals surface area contributed by atoms with Crippen LogP contribution in [-0.2, 0) is 16.1 Å². The highest BCUT2D eigenvalue weighted by molar-refractivity contribution is 6.30. The van der Waals surface area contributed by atoms with Crippen molar-refractivity contribution in [2.45, 2.75) is 6.61 Å². The van der Waals surface area contributed by atoms with Crippen molar-refractivity contribution in [3.8, 4) is 0 Å². The second-order valence-electron chi connectivity index (χ2n) is 6.02. The predicted octanol–water partition coefficient (Wildman–Crippen LogP) is 3.65. The van der Waals surface area contributed by atoms with Gasteiger partial charge in [-0.3, -0.25) is 14.2 Å². The van der Waals surface area contributed by atoms with Gasteiger partial charge in [-0.15, -0.1) is 0 Å². The number of ether oxygens (including phenoxy) is 1. The Morgan fingerprint density at radius 3 is 2.93 bits per heavy atom. The van der Waals surface area contributed by atoms with E-state index in [0.717, 1.165) is 16.5 Å². The molecule has 0 atom stereocenters. The first-order valence-corrected chi connectivity index (χ1v) is 8.84. The second-order valence-corrected chi connectivity index (χ2v) is 6.46. The molecule has 138 valence electrons. The molecule has 0 aliphatic rings. The Balaban J connectivity index is 1.48. The highest BCUT2D eigenvalue weighted by Gasteiger charge is 2.06. The largest absolute Gasteiger partial charge is 0.456 e. The molecule has 4 rings (SSSR count). The van der Waals surface area contributed by atoms with Crippen LogP contribution in [0.2, 0.25) is 5.02 Å². The fraction of sp³-hybridized carbons (Fsp3) is 0.0476. The maximum Gasteiger partial charge on any atom is 0.331 e. The molecule has 0 unspecified atom stereocenters. The quantitative estimate of drug-likeness (QED) is 0.392. The van der Waals surface area contributed by atoms with Crippen molar-refractivity contribution in [1.29, 1.82) is 0 Å². The SMILES string of the molecule is O=C(C=Cc1cccc2cccnc12)OCc1cc(=O)n2cc(Cl)ccc2n1. The number of benzene rings is 1. The van der Waals surface area contributed by atoms with Crippen LogP contribution in [0.25, 0.3) is 22.6 Å². The molecule has 6 nitrogen and oxygen atoms in total. The van der Waals surface area contributed by atoms with E-state index in [1.807, 2.05) is 30.3 Å². The molecule has 0 saturated heterocycles. The number of halogens is 1. The number of aromatic nitrogens is 3. The normalized spacial score (nSPS) is 11.3. The number of fused-ring (bicyclic) bond motifs is 2. The van der Waals surface area contributed by atoms with E-state index < -0.39 is 5.97 Å². The third-order valence-electron chi connectivity index (χ3n) is 4.10. The minimum atomic E-state index is -0.536. The maximum atomic E-state index is 12.1. The number of carbonyl (C=O) groups is 1. The van der Waals surface area contributed by atoms with Crippen molar-refractivity contribution in [1.82, 2.24) is 14.4 Å². The zero-order valence-corrected chi connectivity index (χ0v) is 15.3. The molecule has 0 saturated carbocycles. The van der Waals surface area contributed by atoms with Crippen LogP contribution in [0.15, 0.2) is 71.8 Å². The summed E-state index contributed by atoms with van der Waals surface area (Å²) in [5, 5.41) is 1.42. The lowest BCUT2D eigenvalue weighted by Gasteiger charge is -2.05.